The third-order valence-electron chi connectivity index (χ3n) is 3.75. The number of carbonyl (C=O) groups is 3. The molecule has 2 amide bonds. The smallest absolute Gasteiger partial charge is 0.322 e. The highest BCUT2D eigenvalue weighted by Crippen LogP contribution is 2.18. The number of nitrogens with one attached hydrogen (secondary N) is 2. The van der Waals surface area contributed by atoms with Crippen LogP contribution in [0, 0.1) is 0 Å². The number of hydrogen-bond acceptors (Lipinski definition) is 4. The molecule has 27 heavy (non-hydrogen) atoms. The first kappa shape index (κ1) is 20.0. The van der Waals surface area contributed by atoms with Crippen molar-refractivity contribution in [1.82, 2.24) is 5.32 Å². The first-order chi connectivity index (χ1) is 13.0. The van der Waals surface area contributed by atoms with E-state index in [2.05, 4.69) is 10.6 Å². The third kappa shape index (κ3) is 6.81. The first-order valence-corrected chi connectivity index (χ1v) is 8.56. The Hall–Kier alpha value is -3.35. The van der Waals surface area contributed by atoms with Gasteiger partial charge in [-0.05, 0) is 35.7 Å². The molecule has 3 N–H and O–H groups in total. The van der Waals surface area contributed by atoms with Crippen LogP contribution in [0.4, 0.5) is 5.69 Å². The van der Waals surface area contributed by atoms with Crippen LogP contribution in [-0.2, 0) is 27.2 Å². The van der Waals surface area contributed by atoms with Crippen molar-refractivity contribution in [2.45, 2.75) is 19.8 Å². The summed E-state index contributed by atoms with van der Waals surface area (Å²) in [7, 11) is 0. The van der Waals surface area contributed by atoms with Crippen molar-refractivity contribution in [2.24, 2.45) is 0 Å². The molecule has 0 fully saturated rings. The van der Waals surface area contributed by atoms with Crippen LogP contribution in [0.5, 0.6) is 5.75 Å². The molecule has 0 radical (unpaired) electrons. The molecule has 0 unspecified atom stereocenters. The van der Waals surface area contributed by atoms with Crippen LogP contribution in [0.3, 0.4) is 0 Å². The summed E-state index contributed by atoms with van der Waals surface area (Å²) in [6, 6.07) is 14.3. The van der Waals surface area contributed by atoms with E-state index in [0.717, 1.165) is 12.0 Å². The van der Waals surface area contributed by atoms with E-state index >= 15 is 0 Å². The average Bonchev–Trinajstić information content (AvgIpc) is 2.66. The predicted molar refractivity (Wildman–Crippen MR) is 101 cm³/mol. The Balaban J connectivity index is 1.82. The maximum Gasteiger partial charge on any atom is 0.322 e. The molecule has 0 heterocycles. The number of aryl methyl sites for hydroxylation is 1. The molecule has 7 heteroatoms. The van der Waals surface area contributed by atoms with Crippen molar-refractivity contribution in [3.05, 3.63) is 59.7 Å². The van der Waals surface area contributed by atoms with E-state index in [4.69, 9.17) is 9.84 Å². The molecule has 0 bridgehead atoms. The second kappa shape index (κ2) is 9.96. The number of hydrogen-bond donors (Lipinski definition) is 3. The zero-order chi connectivity index (χ0) is 19.6. The van der Waals surface area contributed by atoms with Gasteiger partial charge < -0.3 is 20.5 Å². The maximum absolute atomic E-state index is 12.0. The number of aliphatic carboxylic acids is 1. The molecular formula is C20H22N2O5. The monoisotopic (exact) mass is 370 g/mol. The lowest BCUT2D eigenvalue weighted by molar-refractivity contribution is -0.137. The summed E-state index contributed by atoms with van der Waals surface area (Å²) in [4.78, 5) is 34.1. The van der Waals surface area contributed by atoms with Gasteiger partial charge in [0, 0.05) is 5.69 Å². The van der Waals surface area contributed by atoms with E-state index in [-0.39, 0.29) is 24.8 Å². The molecule has 0 saturated heterocycles. The Morgan fingerprint density at radius 1 is 1.00 bits per heavy atom. The number of anilines is 1. The van der Waals surface area contributed by atoms with Crippen molar-refractivity contribution < 1.29 is 24.2 Å². The van der Waals surface area contributed by atoms with Crippen molar-refractivity contribution in [3.63, 3.8) is 0 Å². The molecule has 2 aromatic carbocycles. The largest absolute Gasteiger partial charge is 0.483 e. The van der Waals surface area contributed by atoms with Gasteiger partial charge in [-0.3, -0.25) is 14.4 Å². The van der Waals surface area contributed by atoms with Gasteiger partial charge in [0.15, 0.2) is 6.61 Å². The molecule has 7 nitrogen and oxygen atoms in total. The lowest BCUT2D eigenvalue weighted by atomic mass is 10.1. The van der Waals surface area contributed by atoms with Gasteiger partial charge in [-0.1, -0.05) is 37.3 Å². The van der Waals surface area contributed by atoms with E-state index in [1.54, 1.807) is 24.3 Å². The van der Waals surface area contributed by atoms with Crippen molar-refractivity contribution >= 4 is 23.5 Å². The van der Waals surface area contributed by atoms with Gasteiger partial charge in [-0.25, -0.2) is 0 Å². The highest BCUT2D eigenvalue weighted by molar-refractivity contribution is 5.92. The quantitative estimate of drug-likeness (QED) is 0.626. The zero-order valence-corrected chi connectivity index (χ0v) is 15.0. The summed E-state index contributed by atoms with van der Waals surface area (Å²) in [5.74, 6) is -1.06. The molecule has 2 rings (SSSR count). The van der Waals surface area contributed by atoms with Crippen LogP contribution in [0.1, 0.15) is 18.1 Å². The Morgan fingerprint density at radius 2 is 1.70 bits per heavy atom. The second-order valence-electron chi connectivity index (χ2n) is 5.84. The highest BCUT2D eigenvalue weighted by atomic mass is 16.5. The van der Waals surface area contributed by atoms with Crippen molar-refractivity contribution in [2.75, 3.05) is 18.5 Å². The van der Waals surface area contributed by atoms with Crippen molar-refractivity contribution in [3.8, 4) is 5.75 Å². The number of carboxylic acids is 1. The van der Waals surface area contributed by atoms with E-state index in [9.17, 15) is 14.4 Å². The van der Waals surface area contributed by atoms with Crippen LogP contribution in [0.15, 0.2) is 48.5 Å². The molecule has 0 aromatic heterocycles. The van der Waals surface area contributed by atoms with Crippen LogP contribution < -0.4 is 15.4 Å². The predicted octanol–water partition coefficient (Wildman–Crippen LogP) is 2.01. The van der Waals surface area contributed by atoms with E-state index < -0.39 is 12.5 Å². The fraction of sp³-hybridized carbons (Fsp3) is 0.250. The number of carbonyl (C=O) groups excluding carboxylic acids is 2. The minimum atomic E-state index is -1.09. The third-order valence-corrected chi connectivity index (χ3v) is 3.75. The van der Waals surface area contributed by atoms with Gasteiger partial charge in [0.05, 0.1) is 6.42 Å². The maximum atomic E-state index is 12.0. The topological polar surface area (TPSA) is 105 Å². The van der Waals surface area contributed by atoms with Crippen LogP contribution in [-0.4, -0.2) is 36.0 Å². The fourth-order valence-corrected chi connectivity index (χ4v) is 2.41. The van der Waals surface area contributed by atoms with E-state index in [1.807, 2.05) is 31.2 Å². The lowest BCUT2D eigenvalue weighted by Gasteiger charge is -2.11. The fourth-order valence-electron chi connectivity index (χ4n) is 2.41. The Kier molecular flexibility index (Phi) is 7.37. The van der Waals surface area contributed by atoms with Gasteiger partial charge in [-0.15, -0.1) is 0 Å². The minimum absolute atomic E-state index is 0.0679. The van der Waals surface area contributed by atoms with Gasteiger partial charge in [-0.2, -0.15) is 0 Å². The first-order valence-electron chi connectivity index (χ1n) is 8.56. The summed E-state index contributed by atoms with van der Waals surface area (Å²) in [5.41, 5.74) is 2.34. The number of ether oxygens (including phenoxy) is 1. The summed E-state index contributed by atoms with van der Waals surface area (Å²) in [6.07, 6.45) is 0.887. The molecule has 0 aliphatic rings. The van der Waals surface area contributed by atoms with Gasteiger partial charge in [0.1, 0.15) is 12.3 Å². The summed E-state index contributed by atoms with van der Waals surface area (Å²) in [6.45, 7) is 1.51. The molecule has 0 atom stereocenters. The minimum Gasteiger partial charge on any atom is -0.483 e. The van der Waals surface area contributed by atoms with Crippen LogP contribution in [0.25, 0.3) is 0 Å². The summed E-state index contributed by atoms with van der Waals surface area (Å²) < 4.78 is 5.57. The molecule has 0 aliphatic carbocycles. The Bertz CT molecular complexity index is 802. The number of amides is 2. The second-order valence-corrected chi connectivity index (χ2v) is 5.84. The van der Waals surface area contributed by atoms with Crippen molar-refractivity contribution in [1.29, 1.82) is 0 Å². The van der Waals surface area contributed by atoms with E-state index in [0.29, 0.717) is 17.0 Å². The molecule has 0 aliphatic heterocycles. The SMILES string of the molecule is CCc1ccccc1OCC(=O)Nc1ccc(CC(=O)NCC(=O)O)cc1. The lowest BCUT2D eigenvalue weighted by Crippen LogP contribution is -2.30. The standard InChI is InChI=1S/C20H22N2O5/c1-2-15-5-3-4-6-17(15)27-13-19(24)22-16-9-7-14(8-10-16)11-18(23)21-12-20(25)26/h3-10H,2,11-13H2,1H3,(H,21,23)(H,22,24)(H,25,26). The Morgan fingerprint density at radius 3 is 2.37 bits per heavy atom. The number of rotatable bonds is 9. The number of benzene rings is 2. The molecule has 142 valence electrons. The molecule has 2 aromatic rings. The number of para-hydroxylation sites is 1. The van der Waals surface area contributed by atoms with Crippen LogP contribution >= 0.6 is 0 Å². The summed E-state index contributed by atoms with van der Waals surface area (Å²) >= 11 is 0. The van der Waals surface area contributed by atoms with Crippen LogP contribution in [0.2, 0.25) is 0 Å². The van der Waals surface area contributed by atoms with Gasteiger partial charge in [0.25, 0.3) is 5.91 Å². The molecular weight excluding hydrogens is 348 g/mol. The number of carboxylic acid groups (broad SMARTS) is 1. The summed E-state index contributed by atoms with van der Waals surface area (Å²) in [5, 5.41) is 13.6. The Labute approximate surface area is 157 Å². The van der Waals surface area contributed by atoms with Gasteiger partial charge in [0.2, 0.25) is 5.91 Å². The normalized spacial score (nSPS) is 10.1. The van der Waals surface area contributed by atoms with Gasteiger partial charge >= 0.3 is 5.97 Å². The molecule has 0 saturated carbocycles. The zero-order valence-electron chi connectivity index (χ0n) is 15.0. The van der Waals surface area contributed by atoms with E-state index in [1.165, 1.54) is 0 Å². The molecule has 0 spiro atoms. The highest BCUT2D eigenvalue weighted by Gasteiger charge is 2.08. The average molecular weight is 370 g/mol.